The van der Waals surface area contributed by atoms with Gasteiger partial charge in [0.2, 0.25) is 0 Å². The highest BCUT2D eigenvalue weighted by Crippen LogP contribution is 2.04. The summed E-state index contributed by atoms with van der Waals surface area (Å²) < 4.78 is 16.3. The lowest BCUT2D eigenvalue weighted by Gasteiger charge is -2.32. The number of rotatable bonds is 11. The number of ether oxygens (including phenoxy) is 3. The molecule has 0 N–H and O–H groups in total. The topological polar surface area (TPSA) is 54.5 Å². The van der Waals surface area contributed by atoms with E-state index in [9.17, 15) is 4.79 Å². The maximum atomic E-state index is 12.5. The Bertz CT molecular complexity index is 350. The summed E-state index contributed by atoms with van der Waals surface area (Å²) in [6.45, 7) is 14.4. The van der Waals surface area contributed by atoms with Crippen LogP contribution in [0.1, 0.15) is 25.7 Å². The largest absolute Gasteiger partial charge is 0.449 e. The molecule has 0 aromatic carbocycles. The minimum absolute atomic E-state index is 0.179. The lowest BCUT2D eigenvalue weighted by Crippen LogP contribution is -2.46. The molecule has 0 aromatic heterocycles. The SMILES string of the molecule is [CH2]CCCCCOC(=O)N(CCN1CCOCC1)CCN1CCOCC1. The van der Waals surface area contributed by atoms with E-state index >= 15 is 0 Å². The molecule has 151 valence electrons. The molecule has 2 fully saturated rings. The van der Waals surface area contributed by atoms with Gasteiger partial charge in [-0.15, -0.1) is 0 Å². The first kappa shape index (κ1) is 21.4. The van der Waals surface area contributed by atoms with Crippen LogP contribution in [0.15, 0.2) is 0 Å². The number of carbonyl (C=O) groups excluding carboxylic acids is 1. The monoisotopic (exact) mass is 370 g/mol. The van der Waals surface area contributed by atoms with E-state index in [1.807, 2.05) is 4.90 Å². The molecule has 2 saturated heterocycles. The molecule has 0 aliphatic carbocycles. The van der Waals surface area contributed by atoms with Gasteiger partial charge in [-0.05, 0) is 6.42 Å². The smallest absolute Gasteiger partial charge is 0.409 e. The van der Waals surface area contributed by atoms with E-state index in [1.165, 1.54) is 0 Å². The minimum atomic E-state index is -0.179. The van der Waals surface area contributed by atoms with E-state index < -0.39 is 0 Å². The number of amides is 1. The van der Waals surface area contributed by atoms with Gasteiger partial charge in [0.15, 0.2) is 0 Å². The van der Waals surface area contributed by atoms with E-state index in [1.54, 1.807) is 0 Å². The fraction of sp³-hybridized carbons (Fsp3) is 0.895. The average molecular weight is 371 g/mol. The normalized spacial score (nSPS) is 19.4. The molecule has 7 heteroatoms. The number of morpholine rings is 2. The maximum absolute atomic E-state index is 12.5. The van der Waals surface area contributed by atoms with Crippen LogP contribution in [-0.2, 0) is 14.2 Å². The summed E-state index contributed by atoms with van der Waals surface area (Å²) in [5.41, 5.74) is 0. The summed E-state index contributed by atoms with van der Waals surface area (Å²) in [7, 11) is 0. The van der Waals surface area contributed by atoms with Crippen LogP contribution < -0.4 is 0 Å². The molecule has 1 amide bonds. The van der Waals surface area contributed by atoms with Gasteiger partial charge >= 0.3 is 6.09 Å². The van der Waals surface area contributed by atoms with E-state index in [0.29, 0.717) is 19.7 Å². The zero-order valence-electron chi connectivity index (χ0n) is 16.2. The molecule has 2 aliphatic rings. The Labute approximate surface area is 158 Å². The average Bonchev–Trinajstić information content (AvgIpc) is 2.69. The highest BCUT2D eigenvalue weighted by Gasteiger charge is 2.19. The van der Waals surface area contributed by atoms with Crippen molar-refractivity contribution in [3.8, 4) is 0 Å². The Morgan fingerprint density at radius 3 is 1.92 bits per heavy atom. The number of hydrogen-bond acceptors (Lipinski definition) is 6. The molecule has 0 spiro atoms. The van der Waals surface area contributed by atoms with E-state index in [2.05, 4.69) is 16.7 Å². The zero-order chi connectivity index (χ0) is 18.5. The summed E-state index contributed by atoms with van der Waals surface area (Å²) in [5.74, 6) is 0. The van der Waals surface area contributed by atoms with Gasteiger partial charge in [0.1, 0.15) is 0 Å². The van der Waals surface area contributed by atoms with E-state index in [-0.39, 0.29) is 6.09 Å². The van der Waals surface area contributed by atoms with Crippen LogP contribution in [0, 0.1) is 6.92 Å². The van der Waals surface area contributed by atoms with Gasteiger partial charge in [-0.25, -0.2) is 4.79 Å². The van der Waals surface area contributed by atoms with Crippen LogP contribution in [0.4, 0.5) is 4.79 Å². The lowest BCUT2D eigenvalue weighted by atomic mass is 10.2. The summed E-state index contributed by atoms with van der Waals surface area (Å²) >= 11 is 0. The Hall–Kier alpha value is -0.890. The molecule has 1 radical (unpaired) electrons. The first-order valence-corrected chi connectivity index (χ1v) is 10.1. The van der Waals surface area contributed by atoms with Gasteiger partial charge in [-0.1, -0.05) is 26.2 Å². The number of hydrogen-bond donors (Lipinski definition) is 0. The van der Waals surface area contributed by atoms with E-state index in [4.69, 9.17) is 14.2 Å². The van der Waals surface area contributed by atoms with E-state index in [0.717, 1.165) is 91.4 Å². The van der Waals surface area contributed by atoms with Crippen molar-refractivity contribution in [1.82, 2.24) is 14.7 Å². The third-order valence-electron chi connectivity index (χ3n) is 4.96. The van der Waals surface area contributed by atoms with Crippen LogP contribution in [0.25, 0.3) is 0 Å². The highest BCUT2D eigenvalue weighted by molar-refractivity contribution is 5.67. The quantitative estimate of drug-likeness (QED) is 0.514. The molecule has 2 rings (SSSR count). The predicted octanol–water partition coefficient (Wildman–Crippen LogP) is 1.48. The van der Waals surface area contributed by atoms with Crippen molar-refractivity contribution in [2.75, 3.05) is 85.4 Å². The molecule has 2 heterocycles. The second-order valence-electron chi connectivity index (χ2n) is 6.92. The number of nitrogens with zero attached hydrogens (tertiary/aromatic N) is 3. The van der Waals surface area contributed by atoms with Crippen molar-refractivity contribution < 1.29 is 19.0 Å². The molecule has 0 saturated carbocycles. The van der Waals surface area contributed by atoms with Crippen molar-refractivity contribution in [3.05, 3.63) is 6.92 Å². The minimum Gasteiger partial charge on any atom is -0.449 e. The van der Waals surface area contributed by atoms with Crippen LogP contribution in [-0.4, -0.2) is 106 Å². The second kappa shape index (κ2) is 13.3. The van der Waals surface area contributed by atoms with Crippen LogP contribution in [0.3, 0.4) is 0 Å². The summed E-state index contributed by atoms with van der Waals surface area (Å²) in [6, 6.07) is 0. The van der Waals surface area contributed by atoms with Gasteiger partial charge in [0.25, 0.3) is 0 Å². The van der Waals surface area contributed by atoms with Crippen molar-refractivity contribution >= 4 is 6.09 Å². The lowest BCUT2D eigenvalue weighted by molar-refractivity contribution is 0.0240. The molecule has 0 bridgehead atoms. The fourth-order valence-electron chi connectivity index (χ4n) is 3.17. The van der Waals surface area contributed by atoms with Gasteiger partial charge < -0.3 is 19.1 Å². The first-order chi connectivity index (χ1) is 12.8. The maximum Gasteiger partial charge on any atom is 0.409 e. The Balaban J connectivity index is 1.73. The Kier molecular flexibility index (Phi) is 11.0. The molecule has 26 heavy (non-hydrogen) atoms. The van der Waals surface area contributed by atoms with Crippen molar-refractivity contribution in [2.45, 2.75) is 25.7 Å². The van der Waals surface area contributed by atoms with Gasteiger partial charge in [0.05, 0.1) is 33.0 Å². The van der Waals surface area contributed by atoms with Crippen LogP contribution >= 0.6 is 0 Å². The number of unbranched alkanes of at least 4 members (excludes halogenated alkanes) is 3. The van der Waals surface area contributed by atoms with Crippen LogP contribution in [0.2, 0.25) is 0 Å². The molecule has 7 nitrogen and oxygen atoms in total. The first-order valence-electron chi connectivity index (χ1n) is 10.1. The van der Waals surface area contributed by atoms with Crippen molar-refractivity contribution in [2.24, 2.45) is 0 Å². The third-order valence-corrected chi connectivity index (χ3v) is 4.96. The van der Waals surface area contributed by atoms with Crippen LogP contribution in [0.5, 0.6) is 0 Å². The molecule has 0 unspecified atom stereocenters. The van der Waals surface area contributed by atoms with Crippen molar-refractivity contribution in [3.63, 3.8) is 0 Å². The van der Waals surface area contributed by atoms with Gasteiger partial charge in [-0.3, -0.25) is 9.80 Å². The summed E-state index contributed by atoms with van der Waals surface area (Å²) in [6.07, 6.45) is 3.84. The van der Waals surface area contributed by atoms with Gasteiger partial charge in [-0.2, -0.15) is 0 Å². The van der Waals surface area contributed by atoms with Gasteiger partial charge in [0, 0.05) is 52.4 Å². The van der Waals surface area contributed by atoms with Crippen molar-refractivity contribution in [1.29, 1.82) is 0 Å². The predicted molar refractivity (Wildman–Crippen MR) is 101 cm³/mol. The standard InChI is InChI=1S/C19H36N3O4/c1-2-3-4-5-14-26-19(23)22(8-6-20-10-15-24-16-11-20)9-7-21-12-17-25-18-13-21/h1-18H2. The Morgan fingerprint density at radius 2 is 1.42 bits per heavy atom. The zero-order valence-corrected chi connectivity index (χ0v) is 16.2. The third kappa shape index (κ3) is 8.66. The molecular weight excluding hydrogens is 334 g/mol. The summed E-state index contributed by atoms with van der Waals surface area (Å²) in [5, 5.41) is 0. The fourth-order valence-corrected chi connectivity index (χ4v) is 3.17. The molecule has 0 atom stereocenters. The second-order valence-corrected chi connectivity index (χ2v) is 6.92. The Morgan fingerprint density at radius 1 is 0.885 bits per heavy atom. The summed E-state index contributed by atoms with van der Waals surface area (Å²) in [4.78, 5) is 19.1. The number of carbonyl (C=O) groups is 1. The molecule has 0 aromatic rings. The highest BCUT2D eigenvalue weighted by atomic mass is 16.6. The molecule has 2 aliphatic heterocycles. The molecular formula is C19H36N3O4.